The first-order valence-electron chi connectivity index (χ1n) is 8.01. The predicted molar refractivity (Wildman–Crippen MR) is 91.7 cm³/mol. The SMILES string of the molecule is CC(=O)N1CCC[C@H]1C(=O)NCCNS(=O)(=O)c1cccc([N+](=O)[O-])c1. The monoisotopic (exact) mass is 384 g/mol. The Morgan fingerprint density at radius 2 is 2.08 bits per heavy atom. The Balaban J connectivity index is 1.87. The smallest absolute Gasteiger partial charge is 0.270 e. The fourth-order valence-electron chi connectivity index (χ4n) is 2.75. The molecule has 0 aromatic heterocycles. The first-order valence-corrected chi connectivity index (χ1v) is 9.50. The van der Waals surface area contributed by atoms with Gasteiger partial charge in [0.25, 0.3) is 5.69 Å². The zero-order valence-corrected chi connectivity index (χ0v) is 15.0. The summed E-state index contributed by atoms with van der Waals surface area (Å²) in [6.45, 7) is 1.89. The number of rotatable bonds is 7. The Kier molecular flexibility index (Phi) is 6.27. The van der Waals surface area contributed by atoms with Crippen LogP contribution in [0, 0.1) is 10.1 Å². The van der Waals surface area contributed by atoms with E-state index in [0.717, 1.165) is 12.5 Å². The summed E-state index contributed by atoms with van der Waals surface area (Å²) in [7, 11) is -3.93. The fraction of sp³-hybridized carbons (Fsp3) is 0.467. The van der Waals surface area contributed by atoms with Crippen LogP contribution in [0.15, 0.2) is 29.2 Å². The van der Waals surface area contributed by atoms with E-state index in [4.69, 9.17) is 0 Å². The van der Waals surface area contributed by atoms with Crippen molar-refractivity contribution in [1.82, 2.24) is 14.9 Å². The number of nitrogens with zero attached hydrogens (tertiary/aromatic N) is 2. The Labute approximate surface area is 150 Å². The number of hydrogen-bond acceptors (Lipinski definition) is 6. The molecule has 1 aliphatic heterocycles. The minimum atomic E-state index is -3.93. The molecule has 0 unspecified atom stereocenters. The van der Waals surface area contributed by atoms with Crippen molar-refractivity contribution in [3.63, 3.8) is 0 Å². The van der Waals surface area contributed by atoms with Gasteiger partial charge in [-0.15, -0.1) is 0 Å². The highest BCUT2D eigenvalue weighted by atomic mass is 32.2. The lowest BCUT2D eigenvalue weighted by Crippen LogP contribution is -2.46. The van der Waals surface area contributed by atoms with Crippen LogP contribution in [0.1, 0.15) is 19.8 Å². The minimum absolute atomic E-state index is 0.0369. The van der Waals surface area contributed by atoms with Crippen molar-refractivity contribution >= 4 is 27.5 Å². The maximum Gasteiger partial charge on any atom is 0.270 e. The van der Waals surface area contributed by atoms with Crippen LogP contribution in [0.3, 0.4) is 0 Å². The zero-order chi connectivity index (χ0) is 19.3. The fourth-order valence-corrected chi connectivity index (χ4v) is 3.82. The third-order valence-electron chi connectivity index (χ3n) is 4.01. The molecule has 1 atom stereocenters. The number of sulfonamides is 1. The zero-order valence-electron chi connectivity index (χ0n) is 14.2. The molecular weight excluding hydrogens is 364 g/mol. The van der Waals surface area contributed by atoms with Crippen molar-refractivity contribution in [2.75, 3.05) is 19.6 Å². The number of amides is 2. The van der Waals surface area contributed by atoms with Crippen molar-refractivity contribution in [2.24, 2.45) is 0 Å². The molecule has 1 aromatic carbocycles. The second-order valence-corrected chi connectivity index (χ2v) is 7.58. The Morgan fingerprint density at radius 3 is 2.73 bits per heavy atom. The van der Waals surface area contributed by atoms with E-state index in [9.17, 15) is 28.1 Å². The van der Waals surface area contributed by atoms with Crippen molar-refractivity contribution in [3.8, 4) is 0 Å². The summed E-state index contributed by atoms with van der Waals surface area (Å²) in [6, 6.07) is 4.16. The van der Waals surface area contributed by atoms with Gasteiger partial charge in [0, 0.05) is 38.7 Å². The summed E-state index contributed by atoms with van der Waals surface area (Å²) in [6.07, 6.45) is 1.32. The first kappa shape index (κ1) is 19.8. The molecule has 10 nitrogen and oxygen atoms in total. The molecule has 26 heavy (non-hydrogen) atoms. The van der Waals surface area contributed by atoms with Crippen molar-refractivity contribution in [3.05, 3.63) is 34.4 Å². The van der Waals surface area contributed by atoms with Gasteiger partial charge in [0.15, 0.2) is 0 Å². The average Bonchev–Trinajstić information content (AvgIpc) is 3.09. The molecule has 0 saturated carbocycles. The van der Waals surface area contributed by atoms with Gasteiger partial charge < -0.3 is 10.2 Å². The Bertz CT molecular complexity index is 810. The maximum absolute atomic E-state index is 12.1. The summed E-state index contributed by atoms with van der Waals surface area (Å²) >= 11 is 0. The van der Waals surface area contributed by atoms with E-state index in [2.05, 4.69) is 10.0 Å². The van der Waals surface area contributed by atoms with Crippen LogP contribution >= 0.6 is 0 Å². The molecule has 0 bridgehead atoms. The number of benzene rings is 1. The highest BCUT2D eigenvalue weighted by molar-refractivity contribution is 7.89. The quantitative estimate of drug-likeness (QED) is 0.385. The van der Waals surface area contributed by atoms with Gasteiger partial charge in [0.2, 0.25) is 21.8 Å². The summed E-state index contributed by atoms with van der Waals surface area (Å²) in [5, 5.41) is 13.3. The molecule has 0 aliphatic carbocycles. The summed E-state index contributed by atoms with van der Waals surface area (Å²) in [5.41, 5.74) is -0.327. The number of nitrogens with one attached hydrogen (secondary N) is 2. The number of hydrogen-bond donors (Lipinski definition) is 2. The minimum Gasteiger partial charge on any atom is -0.353 e. The van der Waals surface area contributed by atoms with Crippen molar-refractivity contribution < 1.29 is 22.9 Å². The number of non-ortho nitro benzene ring substituents is 1. The van der Waals surface area contributed by atoms with Gasteiger partial charge in [-0.25, -0.2) is 13.1 Å². The number of nitro groups is 1. The number of carbonyl (C=O) groups excluding carboxylic acids is 2. The largest absolute Gasteiger partial charge is 0.353 e. The third kappa shape index (κ3) is 4.76. The second-order valence-electron chi connectivity index (χ2n) is 5.81. The summed E-state index contributed by atoms with van der Waals surface area (Å²) in [5.74, 6) is -0.499. The Hall–Kier alpha value is -2.53. The molecule has 142 valence electrons. The van der Waals surface area contributed by atoms with E-state index in [1.807, 2.05) is 0 Å². The standard InChI is InChI=1S/C15H20N4O6S/c1-11(20)18-9-3-6-14(18)15(21)16-7-8-17-26(24,25)13-5-2-4-12(10-13)19(22)23/h2,4-5,10,14,17H,3,6-9H2,1H3,(H,16,21)/t14-/m0/s1. The second kappa shape index (κ2) is 8.23. The predicted octanol–water partition coefficient (Wildman–Crippen LogP) is 0.000200. The van der Waals surface area contributed by atoms with Crippen LogP contribution in [0.2, 0.25) is 0 Å². The number of carbonyl (C=O) groups is 2. The van der Waals surface area contributed by atoms with Crippen LogP contribution in [0.5, 0.6) is 0 Å². The number of likely N-dealkylation sites (tertiary alicyclic amines) is 1. The molecule has 1 aromatic rings. The molecule has 2 amide bonds. The maximum atomic E-state index is 12.1. The highest BCUT2D eigenvalue weighted by Crippen LogP contribution is 2.18. The van der Waals surface area contributed by atoms with Gasteiger partial charge in [-0.1, -0.05) is 6.07 Å². The molecule has 1 fully saturated rings. The molecule has 11 heteroatoms. The Morgan fingerprint density at radius 1 is 1.35 bits per heavy atom. The van der Waals surface area contributed by atoms with Gasteiger partial charge in [0.05, 0.1) is 9.82 Å². The van der Waals surface area contributed by atoms with E-state index >= 15 is 0 Å². The summed E-state index contributed by atoms with van der Waals surface area (Å²) in [4.78, 5) is 34.9. The van der Waals surface area contributed by atoms with Gasteiger partial charge in [-0.05, 0) is 18.9 Å². The highest BCUT2D eigenvalue weighted by Gasteiger charge is 2.32. The first-order chi connectivity index (χ1) is 12.2. The lowest BCUT2D eigenvalue weighted by atomic mass is 10.2. The van der Waals surface area contributed by atoms with Crippen LogP contribution < -0.4 is 10.0 Å². The van der Waals surface area contributed by atoms with E-state index in [1.165, 1.54) is 30.0 Å². The summed E-state index contributed by atoms with van der Waals surface area (Å²) < 4.78 is 26.6. The molecule has 2 rings (SSSR count). The van der Waals surface area contributed by atoms with Crippen molar-refractivity contribution in [1.29, 1.82) is 0 Å². The molecule has 0 spiro atoms. The van der Waals surface area contributed by atoms with Crippen molar-refractivity contribution in [2.45, 2.75) is 30.7 Å². The molecule has 0 radical (unpaired) electrons. The van der Waals surface area contributed by atoms with Gasteiger partial charge in [-0.2, -0.15) is 0 Å². The molecular formula is C15H20N4O6S. The average molecular weight is 384 g/mol. The van der Waals surface area contributed by atoms with E-state index < -0.39 is 21.0 Å². The van der Waals surface area contributed by atoms with E-state index in [-0.39, 0.29) is 35.5 Å². The van der Waals surface area contributed by atoms with Crippen LogP contribution in [0.4, 0.5) is 5.69 Å². The normalized spacial score (nSPS) is 17.1. The van der Waals surface area contributed by atoms with Gasteiger partial charge in [0.1, 0.15) is 6.04 Å². The molecule has 1 heterocycles. The molecule has 1 aliphatic rings. The number of nitro benzene ring substituents is 1. The molecule has 2 N–H and O–H groups in total. The lowest BCUT2D eigenvalue weighted by Gasteiger charge is -2.22. The topological polar surface area (TPSA) is 139 Å². The lowest BCUT2D eigenvalue weighted by molar-refractivity contribution is -0.385. The van der Waals surface area contributed by atoms with Crippen LogP contribution in [0.25, 0.3) is 0 Å². The van der Waals surface area contributed by atoms with E-state index in [1.54, 1.807) is 0 Å². The van der Waals surface area contributed by atoms with Crippen LogP contribution in [-0.4, -0.2) is 55.7 Å². The van der Waals surface area contributed by atoms with E-state index in [0.29, 0.717) is 13.0 Å². The van der Waals surface area contributed by atoms with Crippen LogP contribution in [-0.2, 0) is 19.6 Å². The van der Waals surface area contributed by atoms with Gasteiger partial charge >= 0.3 is 0 Å². The molecule has 1 saturated heterocycles. The third-order valence-corrected chi connectivity index (χ3v) is 5.47. The van der Waals surface area contributed by atoms with Gasteiger partial charge in [-0.3, -0.25) is 19.7 Å².